The van der Waals surface area contributed by atoms with E-state index in [1.54, 1.807) is 7.11 Å². The van der Waals surface area contributed by atoms with Gasteiger partial charge in [-0.3, -0.25) is 9.59 Å². The maximum absolute atomic E-state index is 12.4. The minimum absolute atomic E-state index is 0.0135. The van der Waals surface area contributed by atoms with E-state index in [0.29, 0.717) is 12.3 Å². The van der Waals surface area contributed by atoms with Crippen molar-refractivity contribution in [2.75, 3.05) is 19.0 Å². The van der Waals surface area contributed by atoms with Gasteiger partial charge >= 0.3 is 0 Å². The van der Waals surface area contributed by atoms with Gasteiger partial charge in [-0.1, -0.05) is 24.3 Å². The van der Waals surface area contributed by atoms with Crippen molar-refractivity contribution < 1.29 is 14.3 Å². The molecule has 0 bridgehead atoms. The number of nitrogens with zero attached hydrogens (tertiary/aromatic N) is 1. The molecule has 0 saturated carbocycles. The summed E-state index contributed by atoms with van der Waals surface area (Å²) in [5, 5.41) is 2.86. The molecule has 0 spiro atoms. The highest BCUT2D eigenvalue weighted by Crippen LogP contribution is 2.19. The van der Waals surface area contributed by atoms with Crippen LogP contribution in [0, 0.1) is 13.8 Å². The van der Waals surface area contributed by atoms with Crippen molar-refractivity contribution in [3.8, 4) is 5.75 Å². The highest BCUT2D eigenvalue weighted by atomic mass is 16.5. The number of carbonyl (C=O) groups excluding carboxylic acids is 2. The normalized spacial score (nSPS) is 10.2. The smallest absolute Gasteiger partial charge is 0.244 e. The van der Waals surface area contributed by atoms with Crippen LogP contribution in [0.25, 0.3) is 0 Å². The Balaban J connectivity index is 2.08. The van der Waals surface area contributed by atoms with E-state index >= 15 is 0 Å². The van der Waals surface area contributed by atoms with Crippen LogP contribution < -0.4 is 10.1 Å². The third-order valence-electron chi connectivity index (χ3n) is 3.84. The molecular weight excluding hydrogens is 316 g/mol. The number of para-hydroxylation sites is 1. The fourth-order valence-corrected chi connectivity index (χ4v) is 2.74. The minimum Gasteiger partial charge on any atom is -0.496 e. The summed E-state index contributed by atoms with van der Waals surface area (Å²) in [5.41, 5.74) is 3.75. The monoisotopic (exact) mass is 340 g/mol. The first-order valence-corrected chi connectivity index (χ1v) is 8.14. The van der Waals surface area contributed by atoms with E-state index < -0.39 is 0 Å². The largest absolute Gasteiger partial charge is 0.496 e. The molecule has 25 heavy (non-hydrogen) atoms. The van der Waals surface area contributed by atoms with Gasteiger partial charge in [-0.2, -0.15) is 0 Å². The second-order valence-electron chi connectivity index (χ2n) is 6.11. The van der Waals surface area contributed by atoms with Crippen LogP contribution >= 0.6 is 0 Å². The Hall–Kier alpha value is -2.82. The van der Waals surface area contributed by atoms with E-state index in [-0.39, 0.29) is 18.4 Å². The fourth-order valence-electron chi connectivity index (χ4n) is 2.74. The van der Waals surface area contributed by atoms with Crippen molar-refractivity contribution >= 4 is 17.5 Å². The van der Waals surface area contributed by atoms with E-state index in [1.807, 2.05) is 56.3 Å². The zero-order valence-electron chi connectivity index (χ0n) is 15.1. The number of anilines is 1. The lowest BCUT2D eigenvalue weighted by Crippen LogP contribution is -2.36. The number of hydrogen-bond donors (Lipinski definition) is 1. The van der Waals surface area contributed by atoms with Gasteiger partial charge in [0.1, 0.15) is 12.3 Å². The van der Waals surface area contributed by atoms with Gasteiger partial charge < -0.3 is 15.0 Å². The molecule has 0 radical (unpaired) electrons. The fraction of sp³-hybridized carbons (Fsp3) is 0.300. The van der Waals surface area contributed by atoms with Crippen LogP contribution in [-0.2, 0) is 16.1 Å². The number of nitrogens with one attached hydrogen (secondary N) is 1. The first-order valence-electron chi connectivity index (χ1n) is 8.14. The molecule has 0 heterocycles. The molecule has 2 aromatic carbocycles. The maximum Gasteiger partial charge on any atom is 0.244 e. The van der Waals surface area contributed by atoms with Crippen LogP contribution in [0.2, 0.25) is 0 Å². The third-order valence-corrected chi connectivity index (χ3v) is 3.84. The van der Waals surface area contributed by atoms with Crippen LogP contribution in [0.3, 0.4) is 0 Å². The number of aryl methyl sites for hydroxylation is 2. The average Bonchev–Trinajstić information content (AvgIpc) is 2.53. The topological polar surface area (TPSA) is 58.6 Å². The van der Waals surface area contributed by atoms with E-state index in [9.17, 15) is 9.59 Å². The Morgan fingerprint density at radius 1 is 1.08 bits per heavy atom. The zero-order chi connectivity index (χ0) is 18.4. The summed E-state index contributed by atoms with van der Waals surface area (Å²) in [6, 6.07) is 13.3. The summed E-state index contributed by atoms with van der Waals surface area (Å²) in [6.07, 6.45) is 0. The number of ether oxygens (including phenoxy) is 1. The van der Waals surface area contributed by atoms with Crippen LogP contribution in [0.5, 0.6) is 5.75 Å². The number of methoxy groups -OCH3 is 1. The SMILES string of the molecule is COc1ccccc1CN(CC(=O)Nc1cc(C)cc(C)c1)C(C)=O. The Morgan fingerprint density at radius 2 is 1.72 bits per heavy atom. The minimum atomic E-state index is -0.227. The predicted molar refractivity (Wildman–Crippen MR) is 98.6 cm³/mol. The summed E-state index contributed by atoms with van der Waals surface area (Å²) in [4.78, 5) is 25.8. The molecule has 0 saturated heterocycles. The summed E-state index contributed by atoms with van der Waals surface area (Å²) in [6.45, 7) is 5.72. The zero-order valence-corrected chi connectivity index (χ0v) is 15.1. The summed E-state index contributed by atoms with van der Waals surface area (Å²) >= 11 is 0. The molecule has 0 atom stereocenters. The molecule has 0 aliphatic heterocycles. The standard InChI is InChI=1S/C20H24N2O3/c1-14-9-15(2)11-18(10-14)21-20(24)13-22(16(3)23)12-17-7-5-6-8-19(17)25-4/h5-11H,12-13H2,1-4H3,(H,21,24). The van der Waals surface area contributed by atoms with Crippen molar-refractivity contribution in [3.63, 3.8) is 0 Å². The third kappa shape index (κ3) is 5.35. The molecule has 0 aliphatic carbocycles. The molecule has 2 aromatic rings. The van der Waals surface area contributed by atoms with Crippen LogP contribution in [-0.4, -0.2) is 30.4 Å². The van der Waals surface area contributed by atoms with E-state index in [0.717, 1.165) is 22.4 Å². The number of amides is 2. The lowest BCUT2D eigenvalue weighted by atomic mass is 10.1. The van der Waals surface area contributed by atoms with Crippen molar-refractivity contribution in [3.05, 3.63) is 59.2 Å². The molecule has 0 unspecified atom stereocenters. The second kappa shape index (κ2) is 8.33. The van der Waals surface area contributed by atoms with E-state index in [2.05, 4.69) is 5.32 Å². The summed E-state index contributed by atoms with van der Waals surface area (Å²) in [5.74, 6) is 0.306. The van der Waals surface area contributed by atoms with Crippen LogP contribution in [0.15, 0.2) is 42.5 Å². The molecule has 2 amide bonds. The molecule has 5 heteroatoms. The van der Waals surface area contributed by atoms with E-state index in [4.69, 9.17) is 4.74 Å². The van der Waals surface area contributed by atoms with Crippen LogP contribution in [0.1, 0.15) is 23.6 Å². The van der Waals surface area contributed by atoms with Crippen molar-refractivity contribution in [2.24, 2.45) is 0 Å². The lowest BCUT2D eigenvalue weighted by molar-refractivity contribution is -0.133. The average molecular weight is 340 g/mol. The Bertz CT molecular complexity index is 751. The van der Waals surface area contributed by atoms with Gasteiger partial charge in [-0.05, 0) is 43.2 Å². The van der Waals surface area contributed by atoms with Gasteiger partial charge in [0.05, 0.1) is 7.11 Å². The molecule has 1 N–H and O–H groups in total. The first-order chi connectivity index (χ1) is 11.9. The number of rotatable bonds is 6. The highest BCUT2D eigenvalue weighted by molar-refractivity contribution is 5.94. The predicted octanol–water partition coefficient (Wildman–Crippen LogP) is 3.30. The van der Waals surface area contributed by atoms with Gasteiger partial charge in [-0.15, -0.1) is 0 Å². The molecule has 5 nitrogen and oxygen atoms in total. The second-order valence-corrected chi connectivity index (χ2v) is 6.11. The van der Waals surface area contributed by atoms with Gasteiger partial charge in [0.2, 0.25) is 11.8 Å². The van der Waals surface area contributed by atoms with Crippen molar-refractivity contribution in [2.45, 2.75) is 27.3 Å². The first kappa shape index (κ1) is 18.5. The number of carbonyl (C=O) groups is 2. The summed E-state index contributed by atoms with van der Waals surface area (Å²) in [7, 11) is 1.59. The van der Waals surface area contributed by atoms with Crippen LogP contribution in [0.4, 0.5) is 5.69 Å². The lowest BCUT2D eigenvalue weighted by Gasteiger charge is -2.22. The Morgan fingerprint density at radius 3 is 2.32 bits per heavy atom. The van der Waals surface area contributed by atoms with Gasteiger partial charge in [0.15, 0.2) is 0 Å². The van der Waals surface area contributed by atoms with Gasteiger partial charge in [-0.25, -0.2) is 0 Å². The molecular formula is C20H24N2O3. The molecule has 0 aliphatic rings. The summed E-state index contributed by atoms with van der Waals surface area (Å²) < 4.78 is 5.31. The highest BCUT2D eigenvalue weighted by Gasteiger charge is 2.16. The Labute approximate surface area is 148 Å². The molecule has 2 rings (SSSR count). The van der Waals surface area contributed by atoms with Crippen molar-refractivity contribution in [1.82, 2.24) is 4.90 Å². The number of hydrogen-bond acceptors (Lipinski definition) is 3. The Kier molecular flexibility index (Phi) is 6.17. The van der Waals surface area contributed by atoms with E-state index in [1.165, 1.54) is 11.8 Å². The van der Waals surface area contributed by atoms with Gasteiger partial charge in [0.25, 0.3) is 0 Å². The molecule has 132 valence electrons. The van der Waals surface area contributed by atoms with Crippen molar-refractivity contribution in [1.29, 1.82) is 0 Å². The molecule has 0 aromatic heterocycles. The quantitative estimate of drug-likeness (QED) is 0.878. The molecule has 0 fully saturated rings. The maximum atomic E-state index is 12.4. The number of benzene rings is 2. The van der Waals surface area contributed by atoms with Gasteiger partial charge in [0, 0.05) is 24.7 Å².